The van der Waals surface area contributed by atoms with Crippen molar-refractivity contribution < 1.29 is 9.47 Å². The van der Waals surface area contributed by atoms with E-state index in [4.69, 9.17) is 9.47 Å². The van der Waals surface area contributed by atoms with Crippen LogP contribution in [0, 0.1) is 0 Å². The average molecular weight is 344 g/mol. The first-order valence-corrected chi connectivity index (χ1v) is 8.23. The van der Waals surface area contributed by atoms with Crippen molar-refractivity contribution in [3.8, 4) is 11.5 Å². The number of hydrogen-bond donors (Lipinski definition) is 0. The molecule has 0 saturated heterocycles. The lowest BCUT2D eigenvalue weighted by atomic mass is 10.1. The van der Waals surface area contributed by atoms with Crippen LogP contribution in [0.15, 0.2) is 82.8 Å². The van der Waals surface area contributed by atoms with Gasteiger partial charge in [0.1, 0.15) is 11.5 Å². The van der Waals surface area contributed by atoms with Gasteiger partial charge in [0.25, 0.3) is 0 Å². The molecule has 0 saturated carbocycles. The minimum atomic E-state index is 0.795. The number of ether oxygens (including phenoxy) is 2. The van der Waals surface area contributed by atoms with Gasteiger partial charge in [0.2, 0.25) is 0 Å². The first-order chi connectivity index (χ1) is 12.8. The molecule has 0 aliphatic carbocycles. The standard InChI is InChI=1S/C22H20N2O2/c1-25-21-7-3-5-19(13-21)23-15-17-9-11-18(12-10-17)16-24-20-6-4-8-22(14-20)26-2/h3-16H,1-2H3. The van der Waals surface area contributed by atoms with E-state index in [-0.39, 0.29) is 0 Å². The number of methoxy groups -OCH3 is 2. The second-order valence-corrected chi connectivity index (χ2v) is 5.59. The number of benzene rings is 3. The number of hydrogen-bond acceptors (Lipinski definition) is 4. The first-order valence-electron chi connectivity index (χ1n) is 8.23. The molecule has 0 N–H and O–H groups in total. The van der Waals surface area contributed by atoms with Gasteiger partial charge in [0.15, 0.2) is 0 Å². The summed E-state index contributed by atoms with van der Waals surface area (Å²) in [6, 6.07) is 23.3. The first kappa shape index (κ1) is 17.4. The number of nitrogens with zero attached hydrogens (tertiary/aromatic N) is 2. The maximum atomic E-state index is 5.20. The lowest BCUT2D eigenvalue weighted by molar-refractivity contribution is 0.415. The Morgan fingerprint density at radius 2 is 1.04 bits per heavy atom. The summed E-state index contributed by atoms with van der Waals surface area (Å²) < 4.78 is 10.4. The van der Waals surface area contributed by atoms with Crippen molar-refractivity contribution in [3.63, 3.8) is 0 Å². The summed E-state index contributed by atoms with van der Waals surface area (Å²) in [5, 5.41) is 0. The Bertz CT molecular complexity index is 839. The van der Waals surface area contributed by atoms with Crippen molar-refractivity contribution in [1.29, 1.82) is 0 Å². The Hall–Kier alpha value is -3.40. The van der Waals surface area contributed by atoms with E-state index in [1.165, 1.54) is 0 Å². The molecule has 0 aromatic heterocycles. The third kappa shape index (κ3) is 4.80. The van der Waals surface area contributed by atoms with Crippen LogP contribution < -0.4 is 9.47 Å². The molecule has 3 rings (SSSR count). The van der Waals surface area contributed by atoms with Crippen LogP contribution in [0.5, 0.6) is 11.5 Å². The maximum absolute atomic E-state index is 5.20. The van der Waals surface area contributed by atoms with Gasteiger partial charge in [-0.3, -0.25) is 9.98 Å². The van der Waals surface area contributed by atoms with E-state index in [1.807, 2.05) is 85.2 Å². The van der Waals surface area contributed by atoms with Crippen LogP contribution in [0.1, 0.15) is 11.1 Å². The molecule has 4 heteroatoms. The van der Waals surface area contributed by atoms with E-state index in [9.17, 15) is 0 Å². The molecular weight excluding hydrogens is 324 g/mol. The Kier molecular flexibility index (Phi) is 5.78. The Labute approximate surface area is 153 Å². The minimum absolute atomic E-state index is 0.795. The highest BCUT2D eigenvalue weighted by Crippen LogP contribution is 2.20. The fraction of sp³-hybridized carbons (Fsp3) is 0.0909. The molecule has 4 nitrogen and oxygen atoms in total. The summed E-state index contributed by atoms with van der Waals surface area (Å²) in [6.45, 7) is 0. The van der Waals surface area contributed by atoms with Gasteiger partial charge in [-0.15, -0.1) is 0 Å². The lowest BCUT2D eigenvalue weighted by Gasteiger charge is -2.00. The van der Waals surface area contributed by atoms with Crippen LogP contribution in [-0.4, -0.2) is 26.6 Å². The molecule has 0 aliphatic rings. The molecule has 0 spiro atoms. The van der Waals surface area contributed by atoms with Gasteiger partial charge >= 0.3 is 0 Å². The molecule has 0 heterocycles. The van der Waals surface area contributed by atoms with Gasteiger partial charge in [-0.05, 0) is 35.4 Å². The minimum Gasteiger partial charge on any atom is -0.497 e. The van der Waals surface area contributed by atoms with Crippen LogP contribution in [0.25, 0.3) is 0 Å². The molecule has 0 unspecified atom stereocenters. The summed E-state index contributed by atoms with van der Waals surface area (Å²) >= 11 is 0. The van der Waals surface area contributed by atoms with Crippen LogP contribution >= 0.6 is 0 Å². The predicted octanol–water partition coefficient (Wildman–Crippen LogP) is 5.21. The van der Waals surface area contributed by atoms with Crippen molar-refractivity contribution in [3.05, 3.63) is 83.9 Å². The Morgan fingerprint density at radius 1 is 0.615 bits per heavy atom. The monoisotopic (exact) mass is 344 g/mol. The summed E-state index contributed by atoms with van der Waals surface area (Å²) in [7, 11) is 3.29. The Balaban J connectivity index is 1.67. The van der Waals surface area contributed by atoms with Gasteiger partial charge in [-0.1, -0.05) is 36.4 Å². The van der Waals surface area contributed by atoms with Crippen molar-refractivity contribution >= 4 is 23.8 Å². The number of aliphatic imine (C=N–C) groups is 2. The van der Waals surface area contributed by atoms with E-state index in [0.717, 1.165) is 34.0 Å². The van der Waals surface area contributed by atoms with Crippen molar-refractivity contribution in [2.75, 3.05) is 14.2 Å². The normalized spacial score (nSPS) is 11.2. The molecule has 0 bridgehead atoms. The van der Waals surface area contributed by atoms with Crippen molar-refractivity contribution in [2.24, 2.45) is 9.98 Å². The smallest absolute Gasteiger partial charge is 0.121 e. The molecule has 0 fully saturated rings. The number of rotatable bonds is 6. The largest absolute Gasteiger partial charge is 0.497 e. The zero-order valence-electron chi connectivity index (χ0n) is 14.8. The molecular formula is C22H20N2O2. The highest BCUT2D eigenvalue weighted by molar-refractivity contribution is 5.86. The molecule has 0 radical (unpaired) electrons. The van der Waals surface area contributed by atoms with Crippen LogP contribution in [0.2, 0.25) is 0 Å². The molecule has 0 atom stereocenters. The molecule has 3 aromatic carbocycles. The van der Waals surface area contributed by atoms with Crippen LogP contribution in [0.4, 0.5) is 11.4 Å². The average Bonchev–Trinajstić information content (AvgIpc) is 2.72. The molecule has 0 amide bonds. The zero-order chi connectivity index (χ0) is 18.2. The van der Waals surface area contributed by atoms with E-state index in [0.29, 0.717) is 0 Å². The van der Waals surface area contributed by atoms with Crippen molar-refractivity contribution in [2.45, 2.75) is 0 Å². The zero-order valence-corrected chi connectivity index (χ0v) is 14.8. The molecule has 0 aliphatic heterocycles. The fourth-order valence-electron chi connectivity index (χ4n) is 2.35. The van der Waals surface area contributed by atoms with E-state index in [2.05, 4.69) is 9.98 Å². The lowest BCUT2D eigenvalue weighted by Crippen LogP contribution is -1.85. The maximum Gasteiger partial charge on any atom is 0.121 e. The van der Waals surface area contributed by atoms with Crippen molar-refractivity contribution in [1.82, 2.24) is 0 Å². The SMILES string of the molecule is COc1cccc(N=Cc2ccc(C=Nc3cccc(OC)c3)cc2)c1. The second kappa shape index (κ2) is 8.62. The predicted molar refractivity (Wildman–Crippen MR) is 107 cm³/mol. The van der Waals surface area contributed by atoms with E-state index < -0.39 is 0 Å². The van der Waals surface area contributed by atoms with E-state index >= 15 is 0 Å². The van der Waals surface area contributed by atoms with Crippen LogP contribution in [0.3, 0.4) is 0 Å². The van der Waals surface area contributed by atoms with Gasteiger partial charge in [0, 0.05) is 24.6 Å². The van der Waals surface area contributed by atoms with Gasteiger partial charge < -0.3 is 9.47 Å². The summed E-state index contributed by atoms with van der Waals surface area (Å²) in [5.74, 6) is 1.59. The summed E-state index contributed by atoms with van der Waals surface area (Å²) in [5.41, 5.74) is 3.75. The quantitative estimate of drug-likeness (QED) is 0.577. The highest BCUT2D eigenvalue weighted by atomic mass is 16.5. The summed E-state index contributed by atoms with van der Waals surface area (Å²) in [4.78, 5) is 8.95. The van der Waals surface area contributed by atoms with E-state index in [1.54, 1.807) is 14.2 Å². The Morgan fingerprint density at radius 3 is 1.42 bits per heavy atom. The van der Waals surface area contributed by atoms with Crippen LogP contribution in [-0.2, 0) is 0 Å². The second-order valence-electron chi connectivity index (χ2n) is 5.59. The summed E-state index contributed by atoms with van der Waals surface area (Å²) in [6.07, 6.45) is 3.66. The third-order valence-corrected chi connectivity index (χ3v) is 3.77. The fourth-order valence-corrected chi connectivity index (χ4v) is 2.35. The van der Waals surface area contributed by atoms with Gasteiger partial charge in [0.05, 0.1) is 25.6 Å². The van der Waals surface area contributed by atoms with Gasteiger partial charge in [-0.25, -0.2) is 0 Å². The van der Waals surface area contributed by atoms with Gasteiger partial charge in [-0.2, -0.15) is 0 Å². The molecule has 130 valence electrons. The topological polar surface area (TPSA) is 43.2 Å². The molecule has 26 heavy (non-hydrogen) atoms. The third-order valence-electron chi connectivity index (χ3n) is 3.77. The highest BCUT2D eigenvalue weighted by Gasteiger charge is 1.95. The molecule has 3 aromatic rings.